The summed E-state index contributed by atoms with van der Waals surface area (Å²) >= 11 is 0. The second-order valence-corrected chi connectivity index (χ2v) is 4.77. The number of ketones is 2. The molecule has 0 N–H and O–H groups in total. The highest BCUT2D eigenvalue weighted by Crippen LogP contribution is 2.40. The summed E-state index contributed by atoms with van der Waals surface area (Å²) in [6.07, 6.45) is 1.33. The average Bonchev–Trinajstić information content (AvgIpc) is 2.53. The van der Waals surface area contributed by atoms with E-state index < -0.39 is 0 Å². The normalized spacial score (nSPS) is 14.9. The number of benzene rings is 1. The minimum Gasteiger partial charge on any atom is -0.496 e. The number of carbonyl (C=O) groups is 2. The van der Waals surface area contributed by atoms with Gasteiger partial charge in [-0.3, -0.25) is 9.59 Å². The summed E-state index contributed by atoms with van der Waals surface area (Å²) in [6, 6.07) is 0. The van der Waals surface area contributed by atoms with E-state index in [0.717, 1.165) is 11.1 Å². The van der Waals surface area contributed by atoms with Crippen LogP contribution in [0.4, 0.5) is 0 Å². The standard InChI is InChI=1S/C15H18O4/c1-8-9(2)15(19-4)13-11(17)7-5-6-10(16)12(13)14(8)18-3/h5-7H2,1-4H3. The van der Waals surface area contributed by atoms with Gasteiger partial charge in [-0.1, -0.05) is 0 Å². The van der Waals surface area contributed by atoms with Gasteiger partial charge in [-0.2, -0.15) is 0 Å². The van der Waals surface area contributed by atoms with Gasteiger partial charge in [0.1, 0.15) is 11.5 Å². The van der Waals surface area contributed by atoms with Crippen molar-refractivity contribution in [1.29, 1.82) is 0 Å². The van der Waals surface area contributed by atoms with Crippen LogP contribution in [0.25, 0.3) is 0 Å². The minimum atomic E-state index is -0.0425. The van der Waals surface area contributed by atoms with Gasteiger partial charge in [0, 0.05) is 12.8 Å². The van der Waals surface area contributed by atoms with Gasteiger partial charge >= 0.3 is 0 Å². The smallest absolute Gasteiger partial charge is 0.167 e. The van der Waals surface area contributed by atoms with Crippen LogP contribution in [-0.4, -0.2) is 25.8 Å². The van der Waals surface area contributed by atoms with E-state index in [1.54, 1.807) is 0 Å². The lowest BCUT2D eigenvalue weighted by Gasteiger charge is -2.19. The first-order valence-corrected chi connectivity index (χ1v) is 6.34. The van der Waals surface area contributed by atoms with Crippen LogP contribution in [0.15, 0.2) is 0 Å². The molecule has 1 aliphatic rings. The number of carbonyl (C=O) groups excluding carboxylic acids is 2. The largest absolute Gasteiger partial charge is 0.496 e. The Morgan fingerprint density at radius 3 is 1.47 bits per heavy atom. The summed E-state index contributed by atoms with van der Waals surface area (Å²) in [5, 5.41) is 0. The summed E-state index contributed by atoms with van der Waals surface area (Å²) in [4.78, 5) is 24.5. The van der Waals surface area contributed by atoms with Crippen LogP contribution in [-0.2, 0) is 0 Å². The van der Waals surface area contributed by atoms with Gasteiger partial charge in [-0.15, -0.1) is 0 Å². The molecule has 0 heterocycles. The molecule has 0 saturated carbocycles. The second kappa shape index (κ2) is 5.03. The zero-order chi connectivity index (χ0) is 14.2. The topological polar surface area (TPSA) is 52.6 Å². The van der Waals surface area contributed by atoms with E-state index in [1.165, 1.54) is 14.2 Å². The number of fused-ring (bicyclic) bond motifs is 1. The van der Waals surface area contributed by atoms with Crippen LogP contribution >= 0.6 is 0 Å². The fourth-order valence-electron chi connectivity index (χ4n) is 2.64. The average molecular weight is 262 g/mol. The summed E-state index contributed by atoms with van der Waals surface area (Å²) in [7, 11) is 3.05. The van der Waals surface area contributed by atoms with E-state index in [4.69, 9.17) is 9.47 Å². The van der Waals surface area contributed by atoms with Gasteiger partial charge in [0.15, 0.2) is 11.6 Å². The Bertz CT molecular complexity index is 509. The number of Topliss-reactive ketones (excluding diaryl/α,β-unsaturated/α-hetero) is 2. The van der Waals surface area contributed by atoms with E-state index in [-0.39, 0.29) is 11.6 Å². The van der Waals surface area contributed by atoms with Crippen molar-refractivity contribution in [2.75, 3.05) is 14.2 Å². The molecule has 0 aromatic heterocycles. The zero-order valence-electron chi connectivity index (χ0n) is 11.8. The Balaban J connectivity index is 2.90. The maximum Gasteiger partial charge on any atom is 0.167 e. The van der Waals surface area contributed by atoms with Crippen molar-refractivity contribution in [3.8, 4) is 11.5 Å². The van der Waals surface area contributed by atoms with Crippen molar-refractivity contribution < 1.29 is 19.1 Å². The fraction of sp³-hybridized carbons (Fsp3) is 0.467. The van der Waals surface area contributed by atoms with Gasteiger partial charge in [-0.25, -0.2) is 0 Å². The van der Waals surface area contributed by atoms with Gasteiger partial charge in [0.25, 0.3) is 0 Å². The lowest BCUT2D eigenvalue weighted by Crippen LogP contribution is -2.12. The first-order valence-electron chi connectivity index (χ1n) is 6.34. The van der Waals surface area contributed by atoms with Gasteiger partial charge in [0.2, 0.25) is 0 Å². The molecule has 102 valence electrons. The third-order valence-corrected chi connectivity index (χ3v) is 3.72. The van der Waals surface area contributed by atoms with Crippen LogP contribution in [0.5, 0.6) is 11.5 Å². The Hall–Kier alpha value is -1.84. The molecule has 19 heavy (non-hydrogen) atoms. The predicted molar refractivity (Wildman–Crippen MR) is 71.5 cm³/mol. The molecule has 0 amide bonds. The van der Waals surface area contributed by atoms with Gasteiger partial charge < -0.3 is 9.47 Å². The molecule has 4 heteroatoms. The zero-order valence-corrected chi connectivity index (χ0v) is 11.8. The van der Waals surface area contributed by atoms with Crippen molar-refractivity contribution in [3.63, 3.8) is 0 Å². The summed E-state index contributed by atoms with van der Waals surface area (Å²) in [6.45, 7) is 3.75. The van der Waals surface area contributed by atoms with Crippen LogP contribution in [0.1, 0.15) is 51.1 Å². The van der Waals surface area contributed by atoms with E-state index in [0.29, 0.717) is 41.9 Å². The van der Waals surface area contributed by atoms with Crippen molar-refractivity contribution in [3.05, 3.63) is 22.3 Å². The predicted octanol–water partition coefficient (Wildman–Crippen LogP) is 2.87. The molecule has 1 aliphatic carbocycles. The number of rotatable bonds is 2. The Morgan fingerprint density at radius 2 is 1.16 bits per heavy atom. The van der Waals surface area contributed by atoms with E-state index in [9.17, 15) is 9.59 Å². The number of methoxy groups -OCH3 is 2. The van der Waals surface area contributed by atoms with E-state index in [2.05, 4.69) is 0 Å². The third-order valence-electron chi connectivity index (χ3n) is 3.72. The van der Waals surface area contributed by atoms with Crippen LogP contribution in [0.2, 0.25) is 0 Å². The van der Waals surface area contributed by atoms with Crippen molar-refractivity contribution in [1.82, 2.24) is 0 Å². The van der Waals surface area contributed by atoms with Gasteiger partial charge in [0.05, 0.1) is 25.3 Å². The molecule has 0 fully saturated rings. The van der Waals surface area contributed by atoms with Crippen molar-refractivity contribution in [2.24, 2.45) is 0 Å². The molecule has 0 spiro atoms. The molecule has 1 aromatic carbocycles. The molecule has 0 radical (unpaired) electrons. The molecule has 0 aliphatic heterocycles. The van der Waals surface area contributed by atoms with Crippen LogP contribution in [0.3, 0.4) is 0 Å². The van der Waals surface area contributed by atoms with Gasteiger partial charge in [-0.05, 0) is 31.4 Å². The summed E-state index contributed by atoms with van der Waals surface area (Å²) in [5.41, 5.74) is 2.48. The Kier molecular flexibility index (Phi) is 3.60. The van der Waals surface area contributed by atoms with E-state index in [1.807, 2.05) is 13.8 Å². The molecular weight excluding hydrogens is 244 g/mol. The van der Waals surface area contributed by atoms with Crippen LogP contribution in [0, 0.1) is 13.8 Å². The monoisotopic (exact) mass is 262 g/mol. The lowest BCUT2D eigenvalue weighted by molar-refractivity contribution is 0.0975. The quantitative estimate of drug-likeness (QED) is 0.769. The molecule has 0 atom stereocenters. The molecular formula is C15H18O4. The highest BCUT2D eigenvalue weighted by atomic mass is 16.5. The summed E-state index contributed by atoms with van der Waals surface area (Å²) < 4.78 is 10.7. The first kappa shape index (κ1) is 13.6. The SMILES string of the molecule is COc1c(C)c(C)c(OC)c2c1C(=O)CCCC2=O. The summed E-state index contributed by atoms with van der Waals surface area (Å²) in [5.74, 6) is 0.931. The minimum absolute atomic E-state index is 0.0425. The molecule has 1 aromatic rings. The maximum absolute atomic E-state index is 12.3. The Morgan fingerprint density at radius 1 is 0.789 bits per heavy atom. The number of hydrogen-bond donors (Lipinski definition) is 0. The van der Waals surface area contributed by atoms with Crippen molar-refractivity contribution >= 4 is 11.6 Å². The molecule has 2 rings (SSSR count). The number of ether oxygens (including phenoxy) is 2. The first-order chi connectivity index (χ1) is 9.02. The Labute approximate surface area is 112 Å². The number of hydrogen-bond acceptors (Lipinski definition) is 4. The third kappa shape index (κ3) is 2.01. The molecule has 0 bridgehead atoms. The lowest BCUT2D eigenvalue weighted by atomic mass is 9.92. The van der Waals surface area contributed by atoms with Crippen LogP contribution < -0.4 is 9.47 Å². The highest BCUT2D eigenvalue weighted by molar-refractivity contribution is 6.14. The second-order valence-electron chi connectivity index (χ2n) is 4.77. The van der Waals surface area contributed by atoms with E-state index >= 15 is 0 Å². The van der Waals surface area contributed by atoms with Crippen molar-refractivity contribution in [2.45, 2.75) is 33.1 Å². The fourth-order valence-corrected chi connectivity index (χ4v) is 2.64. The molecule has 4 nitrogen and oxygen atoms in total. The highest BCUT2D eigenvalue weighted by Gasteiger charge is 2.31. The molecule has 0 saturated heterocycles. The molecule has 0 unspecified atom stereocenters. The maximum atomic E-state index is 12.3.